The van der Waals surface area contributed by atoms with Crippen LogP contribution in [0.2, 0.25) is 5.02 Å². The second kappa shape index (κ2) is 9.42. The first-order chi connectivity index (χ1) is 15.1. The van der Waals surface area contributed by atoms with Crippen LogP contribution in [-0.2, 0) is 14.8 Å². The second-order valence-corrected chi connectivity index (χ2v) is 9.15. The van der Waals surface area contributed by atoms with Gasteiger partial charge in [0.05, 0.1) is 23.4 Å². The van der Waals surface area contributed by atoms with Gasteiger partial charge in [-0.1, -0.05) is 29.8 Å². The fraction of sp³-hybridized carbons (Fsp3) is 0.130. The van der Waals surface area contributed by atoms with Crippen LogP contribution in [0.15, 0.2) is 65.6 Å². The Morgan fingerprint density at radius 2 is 1.69 bits per heavy atom. The minimum Gasteiger partial charge on any atom is -0.465 e. The van der Waals surface area contributed by atoms with Crippen LogP contribution in [0.4, 0.5) is 11.4 Å². The van der Waals surface area contributed by atoms with Gasteiger partial charge in [0.15, 0.2) is 0 Å². The van der Waals surface area contributed by atoms with Gasteiger partial charge in [-0.05, 0) is 67.4 Å². The van der Waals surface area contributed by atoms with Gasteiger partial charge in [0.25, 0.3) is 15.9 Å². The van der Waals surface area contributed by atoms with E-state index in [0.717, 1.165) is 11.1 Å². The largest absolute Gasteiger partial charge is 0.465 e. The lowest BCUT2D eigenvalue weighted by atomic mass is 10.1. The number of hydrogen-bond donors (Lipinski definition) is 2. The maximum atomic E-state index is 13.0. The van der Waals surface area contributed by atoms with E-state index in [0.29, 0.717) is 11.4 Å². The van der Waals surface area contributed by atoms with E-state index >= 15 is 0 Å². The van der Waals surface area contributed by atoms with E-state index in [4.69, 9.17) is 11.6 Å². The van der Waals surface area contributed by atoms with Crippen molar-refractivity contribution < 1.29 is 22.7 Å². The Kier molecular flexibility index (Phi) is 6.86. The molecule has 0 heterocycles. The molecule has 0 aromatic heterocycles. The van der Waals surface area contributed by atoms with E-state index in [1.165, 1.54) is 31.4 Å². The molecule has 0 aliphatic carbocycles. The van der Waals surface area contributed by atoms with E-state index in [1.807, 2.05) is 13.0 Å². The molecule has 3 aromatic rings. The third-order valence-electron chi connectivity index (χ3n) is 4.66. The van der Waals surface area contributed by atoms with Crippen LogP contribution in [-0.4, -0.2) is 27.4 Å². The molecule has 0 saturated heterocycles. The molecule has 32 heavy (non-hydrogen) atoms. The van der Waals surface area contributed by atoms with Crippen LogP contribution in [0.1, 0.15) is 31.8 Å². The highest BCUT2D eigenvalue weighted by Crippen LogP contribution is 2.27. The zero-order valence-electron chi connectivity index (χ0n) is 17.6. The molecule has 1 amide bonds. The minimum absolute atomic E-state index is 0.0213. The number of rotatable bonds is 6. The Morgan fingerprint density at radius 3 is 2.41 bits per heavy atom. The quantitative estimate of drug-likeness (QED) is 0.502. The maximum Gasteiger partial charge on any atom is 0.337 e. The summed E-state index contributed by atoms with van der Waals surface area (Å²) in [4.78, 5) is 24.2. The lowest BCUT2D eigenvalue weighted by molar-refractivity contribution is 0.0600. The summed E-state index contributed by atoms with van der Waals surface area (Å²) in [6.45, 7) is 3.63. The van der Waals surface area contributed by atoms with E-state index in [-0.39, 0.29) is 21.0 Å². The van der Waals surface area contributed by atoms with Crippen molar-refractivity contribution in [2.24, 2.45) is 0 Å². The highest BCUT2D eigenvalue weighted by atomic mass is 35.5. The summed E-state index contributed by atoms with van der Waals surface area (Å²) in [5, 5.41) is 2.62. The van der Waals surface area contributed by atoms with Gasteiger partial charge in [-0.25, -0.2) is 13.2 Å². The maximum absolute atomic E-state index is 13.0. The highest BCUT2D eigenvalue weighted by molar-refractivity contribution is 7.92. The van der Waals surface area contributed by atoms with Crippen LogP contribution >= 0.6 is 11.6 Å². The molecule has 166 valence electrons. The topological polar surface area (TPSA) is 102 Å². The van der Waals surface area contributed by atoms with Crippen molar-refractivity contribution >= 4 is 44.9 Å². The van der Waals surface area contributed by atoms with Crippen LogP contribution in [0, 0.1) is 13.8 Å². The number of anilines is 2. The number of esters is 1. The molecule has 2 N–H and O–H groups in total. The molecule has 0 bridgehead atoms. The minimum atomic E-state index is -4.06. The number of sulfonamides is 1. The Hall–Kier alpha value is -3.36. The third kappa shape index (κ3) is 5.27. The Morgan fingerprint density at radius 1 is 0.938 bits per heavy atom. The van der Waals surface area contributed by atoms with Crippen molar-refractivity contribution in [3.8, 4) is 0 Å². The van der Waals surface area contributed by atoms with Gasteiger partial charge in [0.2, 0.25) is 0 Å². The fourth-order valence-corrected chi connectivity index (χ4v) is 4.59. The predicted octanol–water partition coefficient (Wildman–Crippen LogP) is 4.80. The molecule has 0 aliphatic heterocycles. The normalized spacial score (nSPS) is 11.0. The van der Waals surface area contributed by atoms with Crippen molar-refractivity contribution in [3.05, 3.63) is 87.9 Å². The number of nitrogens with one attached hydrogen (secondary N) is 2. The van der Waals surface area contributed by atoms with Crippen molar-refractivity contribution in [1.29, 1.82) is 0 Å². The lowest BCUT2D eigenvalue weighted by Crippen LogP contribution is -2.17. The number of hydrogen-bond acceptors (Lipinski definition) is 5. The van der Waals surface area contributed by atoms with Crippen LogP contribution in [0.5, 0.6) is 0 Å². The Labute approximate surface area is 191 Å². The standard InChI is InChI=1S/C23H21ClN2O5S/c1-14-7-8-15(2)20(11-14)26-32(29,30)21-13-16(9-10-19(21)24)22(27)25-18-6-4-5-17(12-18)23(28)31-3/h4-13,26H,1-3H3,(H,25,27). The molecule has 0 aliphatic rings. The number of aryl methyl sites for hydroxylation is 2. The molecule has 0 fully saturated rings. The van der Waals surface area contributed by atoms with Crippen molar-refractivity contribution in [1.82, 2.24) is 0 Å². The van der Waals surface area contributed by atoms with E-state index < -0.39 is 21.9 Å². The van der Waals surface area contributed by atoms with Crippen LogP contribution in [0.25, 0.3) is 0 Å². The third-order valence-corrected chi connectivity index (χ3v) is 6.51. The number of amides is 1. The number of methoxy groups -OCH3 is 1. The average molecular weight is 473 g/mol. The zero-order valence-corrected chi connectivity index (χ0v) is 19.2. The summed E-state index contributed by atoms with van der Waals surface area (Å²) in [7, 11) is -2.80. The van der Waals surface area contributed by atoms with Gasteiger partial charge in [0, 0.05) is 11.3 Å². The lowest BCUT2D eigenvalue weighted by Gasteiger charge is -2.13. The monoisotopic (exact) mass is 472 g/mol. The molecule has 0 spiro atoms. The molecule has 9 heteroatoms. The fourth-order valence-electron chi connectivity index (χ4n) is 2.94. The summed E-state index contributed by atoms with van der Waals surface area (Å²) in [5.41, 5.74) is 2.76. The number of halogens is 1. The van der Waals surface area contributed by atoms with Crippen molar-refractivity contribution in [2.75, 3.05) is 17.1 Å². The van der Waals surface area contributed by atoms with Crippen molar-refractivity contribution in [2.45, 2.75) is 18.7 Å². The van der Waals surface area contributed by atoms with E-state index in [9.17, 15) is 18.0 Å². The Balaban J connectivity index is 1.89. The molecule has 0 radical (unpaired) electrons. The molecule has 3 aromatic carbocycles. The van der Waals surface area contributed by atoms with Crippen LogP contribution < -0.4 is 10.0 Å². The first-order valence-electron chi connectivity index (χ1n) is 9.50. The highest BCUT2D eigenvalue weighted by Gasteiger charge is 2.21. The molecule has 0 saturated carbocycles. The van der Waals surface area contributed by atoms with E-state index in [1.54, 1.807) is 37.3 Å². The zero-order chi connectivity index (χ0) is 23.5. The number of carbonyl (C=O) groups is 2. The molecule has 7 nitrogen and oxygen atoms in total. The van der Waals surface area contributed by atoms with Gasteiger partial charge in [-0.2, -0.15) is 0 Å². The second-order valence-electron chi connectivity index (χ2n) is 7.10. The molecule has 0 unspecified atom stereocenters. The summed E-state index contributed by atoms with van der Waals surface area (Å²) in [6.07, 6.45) is 0. The van der Waals surface area contributed by atoms with Gasteiger partial charge >= 0.3 is 5.97 Å². The average Bonchev–Trinajstić information content (AvgIpc) is 2.75. The van der Waals surface area contributed by atoms with E-state index in [2.05, 4.69) is 14.8 Å². The number of ether oxygens (including phenoxy) is 1. The molecule has 0 atom stereocenters. The van der Waals surface area contributed by atoms with Crippen LogP contribution in [0.3, 0.4) is 0 Å². The van der Waals surface area contributed by atoms with Crippen molar-refractivity contribution in [3.63, 3.8) is 0 Å². The summed E-state index contributed by atoms with van der Waals surface area (Å²) >= 11 is 6.15. The molecular formula is C23H21ClN2O5S. The van der Waals surface area contributed by atoms with Gasteiger partial charge in [-0.3, -0.25) is 9.52 Å². The predicted molar refractivity (Wildman–Crippen MR) is 124 cm³/mol. The summed E-state index contributed by atoms with van der Waals surface area (Å²) < 4.78 is 33.2. The SMILES string of the molecule is COC(=O)c1cccc(NC(=O)c2ccc(Cl)c(S(=O)(=O)Nc3cc(C)ccc3C)c2)c1. The molecule has 3 rings (SSSR count). The molecular weight excluding hydrogens is 452 g/mol. The van der Waals surface area contributed by atoms with Gasteiger partial charge in [-0.15, -0.1) is 0 Å². The summed E-state index contributed by atoms with van der Waals surface area (Å²) in [6, 6.07) is 15.6. The smallest absolute Gasteiger partial charge is 0.337 e. The Bertz CT molecular complexity index is 1310. The number of carbonyl (C=O) groups excluding carboxylic acids is 2. The summed E-state index contributed by atoms with van der Waals surface area (Å²) in [5.74, 6) is -1.11. The van der Waals surface area contributed by atoms with Gasteiger partial charge in [0.1, 0.15) is 4.90 Å². The first-order valence-corrected chi connectivity index (χ1v) is 11.4. The number of benzene rings is 3. The first kappa shape index (κ1) is 23.3. The van der Waals surface area contributed by atoms with Gasteiger partial charge < -0.3 is 10.1 Å².